The maximum atomic E-state index is 13.6. The number of carbonyl (C=O) groups is 2. The first kappa shape index (κ1) is 18.9. The summed E-state index contributed by atoms with van der Waals surface area (Å²) in [6.07, 6.45) is 2.86. The fourth-order valence-corrected chi connectivity index (χ4v) is 2.26. The Hall–Kier alpha value is -2.47. The van der Waals surface area contributed by atoms with E-state index in [-0.39, 0.29) is 12.4 Å². The Morgan fingerprint density at radius 2 is 1.84 bits per heavy atom. The molecule has 0 aliphatic rings. The summed E-state index contributed by atoms with van der Waals surface area (Å²) < 4.78 is 19.4. The third-order valence-electron chi connectivity index (χ3n) is 3.41. The quantitative estimate of drug-likeness (QED) is 0.542. The summed E-state index contributed by atoms with van der Waals surface area (Å²) >= 11 is 3.33. The molecule has 0 aromatic heterocycles. The standard InChI is InChI=1S/C19H17BrFNO3/c1-22(12-15-4-2-3-5-17(15)21)18(23)13-25-19(24)11-8-14-6-9-16(20)10-7-14/h2-11H,12-13H2,1H3/b11-8+. The monoisotopic (exact) mass is 405 g/mol. The Morgan fingerprint density at radius 1 is 1.16 bits per heavy atom. The zero-order chi connectivity index (χ0) is 18.2. The van der Waals surface area contributed by atoms with Crippen molar-refractivity contribution in [3.8, 4) is 0 Å². The van der Waals surface area contributed by atoms with Gasteiger partial charge in [-0.05, 0) is 29.8 Å². The van der Waals surface area contributed by atoms with Gasteiger partial charge in [0.1, 0.15) is 5.82 Å². The molecule has 0 radical (unpaired) electrons. The molecular formula is C19H17BrFNO3. The van der Waals surface area contributed by atoms with E-state index in [2.05, 4.69) is 15.9 Å². The minimum absolute atomic E-state index is 0.109. The highest BCUT2D eigenvalue weighted by atomic mass is 79.9. The van der Waals surface area contributed by atoms with E-state index in [0.717, 1.165) is 10.0 Å². The molecule has 0 N–H and O–H groups in total. The van der Waals surface area contributed by atoms with Gasteiger partial charge >= 0.3 is 5.97 Å². The molecule has 0 saturated carbocycles. The second-order valence-corrected chi connectivity index (χ2v) is 6.25. The molecule has 6 heteroatoms. The van der Waals surface area contributed by atoms with Crippen molar-refractivity contribution in [3.63, 3.8) is 0 Å². The van der Waals surface area contributed by atoms with Crippen molar-refractivity contribution in [2.75, 3.05) is 13.7 Å². The van der Waals surface area contributed by atoms with Crippen LogP contribution in [0, 0.1) is 5.82 Å². The molecule has 0 aliphatic heterocycles. The van der Waals surface area contributed by atoms with E-state index in [1.807, 2.05) is 24.3 Å². The summed E-state index contributed by atoms with van der Waals surface area (Å²) in [6, 6.07) is 13.6. The maximum absolute atomic E-state index is 13.6. The Labute approximate surface area is 154 Å². The highest BCUT2D eigenvalue weighted by Gasteiger charge is 2.13. The molecule has 0 saturated heterocycles. The molecule has 0 fully saturated rings. The van der Waals surface area contributed by atoms with E-state index in [9.17, 15) is 14.0 Å². The molecule has 4 nitrogen and oxygen atoms in total. The number of halogens is 2. The third-order valence-corrected chi connectivity index (χ3v) is 3.94. The van der Waals surface area contributed by atoms with Gasteiger partial charge in [-0.2, -0.15) is 0 Å². The molecule has 0 heterocycles. The number of benzene rings is 2. The molecule has 0 atom stereocenters. The molecule has 0 unspecified atom stereocenters. The summed E-state index contributed by atoms with van der Waals surface area (Å²) in [5, 5.41) is 0. The van der Waals surface area contributed by atoms with Crippen LogP contribution in [0.3, 0.4) is 0 Å². The van der Waals surface area contributed by atoms with Crippen LogP contribution in [0.1, 0.15) is 11.1 Å². The largest absolute Gasteiger partial charge is 0.452 e. The second kappa shape index (κ2) is 9.13. The first-order chi connectivity index (χ1) is 12.0. The Kier molecular flexibility index (Phi) is 6.89. The molecule has 2 aromatic carbocycles. The predicted octanol–water partition coefficient (Wildman–Crippen LogP) is 3.80. The first-order valence-electron chi connectivity index (χ1n) is 7.53. The zero-order valence-corrected chi connectivity index (χ0v) is 15.2. The fourth-order valence-electron chi connectivity index (χ4n) is 2.00. The van der Waals surface area contributed by atoms with Gasteiger partial charge in [0.05, 0.1) is 0 Å². The van der Waals surface area contributed by atoms with Crippen LogP contribution in [-0.2, 0) is 20.9 Å². The van der Waals surface area contributed by atoms with Crippen molar-refractivity contribution >= 4 is 33.9 Å². The third kappa shape index (κ3) is 6.15. The van der Waals surface area contributed by atoms with Gasteiger partial charge in [0.25, 0.3) is 5.91 Å². The zero-order valence-electron chi connectivity index (χ0n) is 13.6. The van der Waals surface area contributed by atoms with E-state index < -0.39 is 18.5 Å². The lowest BCUT2D eigenvalue weighted by molar-refractivity contribution is -0.147. The SMILES string of the molecule is CN(Cc1ccccc1F)C(=O)COC(=O)/C=C/c1ccc(Br)cc1. The Bertz CT molecular complexity index is 774. The number of esters is 1. The predicted molar refractivity (Wildman–Crippen MR) is 97.0 cm³/mol. The van der Waals surface area contributed by atoms with Gasteiger partial charge in [0.2, 0.25) is 0 Å². The average molecular weight is 406 g/mol. The lowest BCUT2D eigenvalue weighted by Gasteiger charge is -2.17. The number of nitrogens with zero attached hydrogens (tertiary/aromatic N) is 1. The average Bonchev–Trinajstić information content (AvgIpc) is 2.61. The smallest absolute Gasteiger partial charge is 0.331 e. The number of ether oxygens (including phenoxy) is 1. The molecule has 25 heavy (non-hydrogen) atoms. The molecule has 2 aromatic rings. The van der Waals surface area contributed by atoms with Gasteiger partial charge in [0.15, 0.2) is 6.61 Å². The fraction of sp³-hybridized carbons (Fsp3) is 0.158. The molecule has 0 aliphatic carbocycles. The number of rotatable bonds is 6. The molecule has 0 bridgehead atoms. The lowest BCUT2D eigenvalue weighted by atomic mass is 10.2. The van der Waals surface area contributed by atoms with Gasteiger partial charge in [-0.3, -0.25) is 4.79 Å². The molecular weight excluding hydrogens is 389 g/mol. The van der Waals surface area contributed by atoms with E-state index >= 15 is 0 Å². The summed E-state index contributed by atoms with van der Waals surface area (Å²) in [7, 11) is 1.53. The molecule has 0 spiro atoms. The van der Waals surface area contributed by atoms with Crippen LogP contribution in [-0.4, -0.2) is 30.4 Å². The topological polar surface area (TPSA) is 46.6 Å². The number of hydrogen-bond acceptors (Lipinski definition) is 3. The van der Waals surface area contributed by atoms with Gasteiger partial charge in [-0.25, -0.2) is 9.18 Å². The number of hydrogen-bond donors (Lipinski definition) is 0. The van der Waals surface area contributed by atoms with Gasteiger partial charge < -0.3 is 9.64 Å². The Morgan fingerprint density at radius 3 is 2.52 bits per heavy atom. The maximum Gasteiger partial charge on any atom is 0.331 e. The highest BCUT2D eigenvalue weighted by Crippen LogP contribution is 2.12. The van der Waals surface area contributed by atoms with Gasteiger partial charge in [-0.15, -0.1) is 0 Å². The number of amides is 1. The van der Waals surface area contributed by atoms with Crippen LogP contribution < -0.4 is 0 Å². The van der Waals surface area contributed by atoms with Gasteiger partial charge in [-0.1, -0.05) is 46.3 Å². The van der Waals surface area contributed by atoms with E-state index in [4.69, 9.17) is 4.74 Å². The highest BCUT2D eigenvalue weighted by molar-refractivity contribution is 9.10. The Balaban J connectivity index is 1.81. The molecule has 1 amide bonds. The number of likely N-dealkylation sites (N-methyl/N-ethyl adjacent to an activating group) is 1. The summed E-state index contributed by atoms with van der Waals surface area (Å²) in [5.41, 5.74) is 1.24. The van der Waals surface area contributed by atoms with E-state index in [0.29, 0.717) is 5.56 Å². The summed E-state index contributed by atoms with van der Waals surface area (Å²) in [5.74, 6) is -1.40. The number of carbonyl (C=O) groups excluding carboxylic acids is 2. The van der Waals surface area contributed by atoms with Crippen molar-refractivity contribution in [1.82, 2.24) is 4.90 Å². The molecule has 2 rings (SSSR count). The normalized spacial score (nSPS) is 10.7. The van der Waals surface area contributed by atoms with Crippen LogP contribution in [0.15, 0.2) is 59.1 Å². The van der Waals surface area contributed by atoms with Crippen molar-refractivity contribution in [1.29, 1.82) is 0 Å². The van der Waals surface area contributed by atoms with Crippen molar-refractivity contribution in [2.45, 2.75) is 6.54 Å². The summed E-state index contributed by atoms with van der Waals surface area (Å²) in [6.45, 7) is -0.285. The van der Waals surface area contributed by atoms with Gasteiger partial charge in [0, 0.05) is 29.7 Å². The second-order valence-electron chi connectivity index (χ2n) is 5.33. The van der Waals surface area contributed by atoms with Crippen molar-refractivity contribution < 1.29 is 18.7 Å². The van der Waals surface area contributed by atoms with Crippen LogP contribution in [0.4, 0.5) is 4.39 Å². The van der Waals surface area contributed by atoms with Crippen LogP contribution in [0.25, 0.3) is 6.08 Å². The van der Waals surface area contributed by atoms with E-state index in [1.165, 1.54) is 24.1 Å². The molecule has 130 valence electrons. The minimum Gasteiger partial charge on any atom is -0.452 e. The van der Waals surface area contributed by atoms with E-state index in [1.54, 1.807) is 24.3 Å². The van der Waals surface area contributed by atoms with Crippen molar-refractivity contribution in [2.24, 2.45) is 0 Å². The summed E-state index contributed by atoms with van der Waals surface area (Å²) in [4.78, 5) is 25.0. The van der Waals surface area contributed by atoms with Crippen LogP contribution in [0.2, 0.25) is 0 Å². The lowest BCUT2D eigenvalue weighted by Crippen LogP contribution is -2.30. The van der Waals surface area contributed by atoms with Crippen LogP contribution in [0.5, 0.6) is 0 Å². The van der Waals surface area contributed by atoms with Crippen molar-refractivity contribution in [3.05, 3.63) is 76.0 Å². The first-order valence-corrected chi connectivity index (χ1v) is 8.33. The van der Waals surface area contributed by atoms with Crippen LogP contribution >= 0.6 is 15.9 Å². The minimum atomic E-state index is -0.615.